The van der Waals surface area contributed by atoms with Gasteiger partial charge in [0.1, 0.15) is 0 Å². The second-order valence-corrected chi connectivity index (χ2v) is 6.14. The van der Waals surface area contributed by atoms with Crippen molar-refractivity contribution in [1.29, 1.82) is 0 Å². The van der Waals surface area contributed by atoms with Crippen molar-refractivity contribution < 1.29 is 14.3 Å². The third-order valence-electron chi connectivity index (χ3n) is 4.58. The first kappa shape index (κ1) is 15.3. The molecule has 1 saturated heterocycles. The van der Waals surface area contributed by atoms with Gasteiger partial charge >= 0.3 is 5.97 Å². The third-order valence-corrected chi connectivity index (χ3v) is 4.58. The number of rotatable bonds is 4. The average molecular weight is 281 g/mol. The van der Waals surface area contributed by atoms with Crippen molar-refractivity contribution in [2.75, 3.05) is 19.7 Å². The molecule has 0 unspecified atom stereocenters. The van der Waals surface area contributed by atoms with Crippen LogP contribution in [0.4, 0.5) is 0 Å². The van der Waals surface area contributed by atoms with Crippen LogP contribution in [0.1, 0.15) is 58.3 Å². The van der Waals surface area contributed by atoms with Crippen molar-refractivity contribution in [3.8, 4) is 0 Å². The number of carbonyl (C=O) groups is 2. The van der Waals surface area contributed by atoms with Gasteiger partial charge in [0.05, 0.1) is 12.5 Å². The summed E-state index contributed by atoms with van der Waals surface area (Å²) in [6, 6.07) is 0. The second kappa shape index (κ2) is 7.65. The fourth-order valence-electron chi connectivity index (χ4n) is 3.42. The van der Waals surface area contributed by atoms with Crippen molar-refractivity contribution in [2.24, 2.45) is 11.8 Å². The third kappa shape index (κ3) is 4.22. The zero-order valence-electron chi connectivity index (χ0n) is 12.6. The number of nitrogens with zero attached hydrogens (tertiary/aromatic N) is 1. The normalized spacial score (nSPS) is 24.4. The first-order chi connectivity index (χ1) is 9.70. The second-order valence-electron chi connectivity index (χ2n) is 6.14. The average Bonchev–Trinajstić information content (AvgIpc) is 2.48. The van der Waals surface area contributed by atoms with Crippen LogP contribution in [-0.2, 0) is 14.3 Å². The van der Waals surface area contributed by atoms with Gasteiger partial charge in [0.25, 0.3) is 0 Å². The monoisotopic (exact) mass is 281 g/mol. The van der Waals surface area contributed by atoms with Crippen molar-refractivity contribution in [3.05, 3.63) is 0 Å². The van der Waals surface area contributed by atoms with Crippen LogP contribution in [-0.4, -0.2) is 36.5 Å². The van der Waals surface area contributed by atoms with Gasteiger partial charge in [-0.1, -0.05) is 19.3 Å². The molecular formula is C16H27NO3. The topological polar surface area (TPSA) is 46.6 Å². The van der Waals surface area contributed by atoms with Crippen molar-refractivity contribution in [2.45, 2.75) is 58.3 Å². The van der Waals surface area contributed by atoms with Crippen molar-refractivity contribution in [3.63, 3.8) is 0 Å². The molecule has 1 aliphatic heterocycles. The fourth-order valence-corrected chi connectivity index (χ4v) is 3.42. The smallest absolute Gasteiger partial charge is 0.310 e. The number of hydrogen-bond donors (Lipinski definition) is 0. The highest BCUT2D eigenvalue weighted by Gasteiger charge is 2.30. The lowest BCUT2D eigenvalue weighted by atomic mass is 9.86. The Kier molecular flexibility index (Phi) is 5.86. The van der Waals surface area contributed by atoms with Gasteiger partial charge in [-0.3, -0.25) is 9.59 Å². The molecule has 1 saturated carbocycles. The summed E-state index contributed by atoms with van der Waals surface area (Å²) < 4.78 is 5.08. The quantitative estimate of drug-likeness (QED) is 0.744. The molecule has 20 heavy (non-hydrogen) atoms. The standard InChI is InChI=1S/C16H27NO3/c1-2-20-16(19)14-9-6-10-17(12-14)15(18)11-13-7-4-3-5-8-13/h13-14H,2-12H2,1H3/t14-/m0/s1. The number of carbonyl (C=O) groups excluding carboxylic acids is 2. The van der Waals surface area contributed by atoms with Gasteiger partial charge in [0.2, 0.25) is 5.91 Å². The number of amides is 1. The predicted molar refractivity (Wildman–Crippen MR) is 77.1 cm³/mol. The molecule has 2 fully saturated rings. The maximum atomic E-state index is 12.4. The summed E-state index contributed by atoms with van der Waals surface area (Å²) in [6.45, 7) is 3.62. The lowest BCUT2D eigenvalue weighted by molar-refractivity contribution is -0.151. The van der Waals surface area contributed by atoms with Crippen LogP contribution >= 0.6 is 0 Å². The Bertz CT molecular complexity index is 337. The number of likely N-dealkylation sites (tertiary alicyclic amines) is 1. The minimum Gasteiger partial charge on any atom is -0.466 e. The molecule has 4 nitrogen and oxygen atoms in total. The summed E-state index contributed by atoms with van der Waals surface area (Å²) in [5.41, 5.74) is 0. The van der Waals surface area contributed by atoms with E-state index in [1.54, 1.807) is 0 Å². The number of piperidine rings is 1. The van der Waals surface area contributed by atoms with Crippen molar-refractivity contribution >= 4 is 11.9 Å². The van der Waals surface area contributed by atoms with Gasteiger partial charge < -0.3 is 9.64 Å². The zero-order valence-corrected chi connectivity index (χ0v) is 12.6. The van der Waals surface area contributed by atoms with Gasteiger partial charge in [0.15, 0.2) is 0 Å². The molecule has 4 heteroatoms. The molecule has 1 amide bonds. The van der Waals surface area contributed by atoms with Crippen LogP contribution in [0.5, 0.6) is 0 Å². The Morgan fingerprint density at radius 1 is 1.10 bits per heavy atom. The van der Waals surface area contributed by atoms with Crippen LogP contribution in [0.15, 0.2) is 0 Å². The molecule has 2 rings (SSSR count). The number of hydrogen-bond acceptors (Lipinski definition) is 3. The minimum absolute atomic E-state index is 0.112. The molecule has 0 aromatic carbocycles. The first-order valence-corrected chi connectivity index (χ1v) is 8.15. The first-order valence-electron chi connectivity index (χ1n) is 8.15. The van der Waals surface area contributed by atoms with E-state index in [1.165, 1.54) is 32.1 Å². The van der Waals surface area contributed by atoms with E-state index in [2.05, 4.69) is 0 Å². The van der Waals surface area contributed by atoms with Crippen LogP contribution in [0, 0.1) is 11.8 Å². The summed E-state index contributed by atoms with van der Waals surface area (Å²) in [5, 5.41) is 0. The summed E-state index contributed by atoms with van der Waals surface area (Å²) in [4.78, 5) is 26.1. The number of esters is 1. The maximum Gasteiger partial charge on any atom is 0.310 e. The van der Waals surface area contributed by atoms with Crippen molar-refractivity contribution in [1.82, 2.24) is 4.90 Å². The summed E-state index contributed by atoms with van der Waals surface area (Å²) in [5.74, 6) is 0.562. The Hall–Kier alpha value is -1.06. The molecule has 0 N–H and O–H groups in total. The molecule has 0 aromatic heterocycles. The van der Waals surface area contributed by atoms with Gasteiger partial charge in [-0.25, -0.2) is 0 Å². The van der Waals surface area contributed by atoms with E-state index in [0.717, 1.165) is 19.4 Å². The Balaban J connectivity index is 1.81. The molecule has 114 valence electrons. The molecule has 1 atom stereocenters. The van der Waals surface area contributed by atoms with E-state index in [1.807, 2.05) is 11.8 Å². The Labute approximate surface area is 121 Å². The van der Waals surface area contributed by atoms with E-state index < -0.39 is 0 Å². The largest absolute Gasteiger partial charge is 0.466 e. The maximum absolute atomic E-state index is 12.4. The highest BCUT2D eigenvalue weighted by Crippen LogP contribution is 2.28. The fraction of sp³-hybridized carbons (Fsp3) is 0.875. The highest BCUT2D eigenvalue weighted by molar-refractivity contribution is 5.78. The highest BCUT2D eigenvalue weighted by atomic mass is 16.5. The number of ether oxygens (including phenoxy) is 1. The van der Waals surface area contributed by atoms with Gasteiger partial charge in [-0.05, 0) is 38.5 Å². The van der Waals surface area contributed by atoms with E-state index in [9.17, 15) is 9.59 Å². The van der Waals surface area contributed by atoms with Crippen LogP contribution in [0.25, 0.3) is 0 Å². The van der Waals surface area contributed by atoms with E-state index in [-0.39, 0.29) is 17.8 Å². The summed E-state index contributed by atoms with van der Waals surface area (Å²) >= 11 is 0. The SMILES string of the molecule is CCOC(=O)[C@H]1CCCN(C(=O)CC2CCCCC2)C1. The van der Waals surface area contributed by atoms with E-state index in [4.69, 9.17) is 4.74 Å². The lowest BCUT2D eigenvalue weighted by Gasteiger charge is -2.33. The molecule has 0 aromatic rings. The summed E-state index contributed by atoms with van der Waals surface area (Å²) in [6.07, 6.45) is 8.69. The van der Waals surface area contributed by atoms with Gasteiger partial charge in [0, 0.05) is 19.5 Å². The van der Waals surface area contributed by atoms with Crippen LogP contribution in [0.3, 0.4) is 0 Å². The molecule has 0 spiro atoms. The Morgan fingerprint density at radius 2 is 1.85 bits per heavy atom. The predicted octanol–water partition coefficient (Wildman–Crippen LogP) is 2.76. The van der Waals surface area contributed by atoms with Crippen LogP contribution < -0.4 is 0 Å². The molecule has 0 radical (unpaired) electrons. The molecule has 1 aliphatic carbocycles. The summed E-state index contributed by atoms with van der Waals surface area (Å²) in [7, 11) is 0. The molecule has 0 bridgehead atoms. The van der Waals surface area contributed by atoms with Crippen LogP contribution in [0.2, 0.25) is 0 Å². The van der Waals surface area contributed by atoms with E-state index >= 15 is 0 Å². The lowest BCUT2D eigenvalue weighted by Crippen LogP contribution is -2.43. The Morgan fingerprint density at radius 3 is 2.55 bits per heavy atom. The molecular weight excluding hydrogens is 254 g/mol. The van der Waals surface area contributed by atoms with E-state index in [0.29, 0.717) is 25.5 Å². The minimum atomic E-state index is -0.136. The molecule has 2 aliphatic rings. The molecule has 1 heterocycles. The zero-order chi connectivity index (χ0) is 14.4. The van der Waals surface area contributed by atoms with Gasteiger partial charge in [-0.2, -0.15) is 0 Å². The van der Waals surface area contributed by atoms with Gasteiger partial charge in [-0.15, -0.1) is 0 Å².